The van der Waals surface area contributed by atoms with E-state index in [1.807, 2.05) is 0 Å². The molecule has 1 unspecified atom stereocenters. The van der Waals surface area contributed by atoms with Crippen molar-refractivity contribution in [3.05, 3.63) is 0 Å². The van der Waals surface area contributed by atoms with Gasteiger partial charge in [-0.15, -0.1) is 0 Å². The van der Waals surface area contributed by atoms with Gasteiger partial charge in [0.15, 0.2) is 0 Å². The van der Waals surface area contributed by atoms with Crippen molar-refractivity contribution < 1.29 is 14.7 Å². The molecule has 0 spiro atoms. The number of nitrogens with two attached hydrogens (primary N) is 1. The fraction of sp³-hybridized carbons (Fsp3) is 0.778. The maximum Gasteiger partial charge on any atom is 0.326 e. The van der Waals surface area contributed by atoms with Crippen LogP contribution in [0.1, 0.15) is 25.7 Å². The molecule has 1 aliphatic rings. The lowest BCUT2D eigenvalue weighted by molar-refractivity contribution is -0.146. The SMILES string of the molecule is NCCCCN1C(=O)CCC1C(=O)O. The fourth-order valence-electron chi connectivity index (χ4n) is 1.70. The molecule has 1 fully saturated rings. The zero-order valence-electron chi connectivity index (χ0n) is 8.11. The number of amides is 1. The van der Waals surface area contributed by atoms with Crippen molar-refractivity contribution in [3.63, 3.8) is 0 Å². The highest BCUT2D eigenvalue weighted by molar-refractivity contribution is 5.87. The molecule has 0 aromatic heterocycles. The van der Waals surface area contributed by atoms with Gasteiger partial charge in [0, 0.05) is 13.0 Å². The lowest BCUT2D eigenvalue weighted by atomic mass is 10.2. The molecule has 1 aliphatic heterocycles. The van der Waals surface area contributed by atoms with Gasteiger partial charge in [-0.1, -0.05) is 0 Å². The Kier molecular flexibility index (Phi) is 3.88. The Hall–Kier alpha value is -1.10. The van der Waals surface area contributed by atoms with Crippen molar-refractivity contribution in [2.45, 2.75) is 31.7 Å². The third-order valence-electron chi connectivity index (χ3n) is 2.47. The largest absolute Gasteiger partial charge is 0.480 e. The third kappa shape index (κ3) is 2.45. The van der Waals surface area contributed by atoms with Gasteiger partial charge in [-0.05, 0) is 25.8 Å². The Morgan fingerprint density at radius 1 is 1.57 bits per heavy atom. The molecule has 1 rings (SSSR count). The minimum Gasteiger partial charge on any atom is -0.480 e. The molecule has 1 amide bonds. The van der Waals surface area contributed by atoms with Crippen molar-refractivity contribution in [1.29, 1.82) is 0 Å². The van der Waals surface area contributed by atoms with Crippen LogP contribution in [-0.2, 0) is 9.59 Å². The summed E-state index contributed by atoms with van der Waals surface area (Å²) in [6, 6.07) is -0.611. The van der Waals surface area contributed by atoms with Crippen LogP contribution >= 0.6 is 0 Å². The minimum atomic E-state index is -0.899. The van der Waals surface area contributed by atoms with E-state index < -0.39 is 12.0 Å². The van der Waals surface area contributed by atoms with Crippen LogP contribution in [-0.4, -0.2) is 41.0 Å². The van der Waals surface area contributed by atoms with Crippen LogP contribution in [0.15, 0.2) is 0 Å². The summed E-state index contributed by atoms with van der Waals surface area (Å²) in [4.78, 5) is 23.5. The van der Waals surface area contributed by atoms with Gasteiger partial charge in [-0.3, -0.25) is 4.79 Å². The first-order valence-electron chi connectivity index (χ1n) is 4.89. The van der Waals surface area contributed by atoms with Gasteiger partial charge in [-0.25, -0.2) is 4.79 Å². The molecule has 0 aromatic carbocycles. The summed E-state index contributed by atoms with van der Waals surface area (Å²) in [5.74, 6) is -0.946. The molecular weight excluding hydrogens is 184 g/mol. The first-order chi connectivity index (χ1) is 6.66. The molecule has 1 atom stereocenters. The summed E-state index contributed by atoms with van der Waals surface area (Å²) in [6.45, 7) is 1.10. The summed E-state index contributed by atoms with van der Waals surface area (Å²) in [5, 5.41) is 8.84. The molecule has 0 saturated carbocycles. The molecule has 1 saturated heterocycles. The average molecular weight is 200 g/mol. The predicted octanol–water partition coefficient (Wildman–Crippen LogP) is -0.199. The molecule has 5 heteroatoms. The highest BCUT2D eigenvalue weighted by Crippen LogP contribution is 2.19. The predicted molar refractivity (Wildman–Crippen MR) is 50.7 cm³/mol. The van der Waals surface area contributed by atoms with E-state index in [1.165, 1.54) is 4.90 Å². The number of carbonyl (C=O) groups is 2. The van der Waals surface area contributed by atoms with Crippen LogP contribution in [0.3, 0.4) is 0 Å². The van der Waals surface area contributed by atoms with Crippen molar-refractivity contribution in [1.82, 2.24) is 4.90 Å². The van der Waals surface area contributed by atoms with E-state index in [1.54, 1.807) is 0 Å². The van der Waals surface area contributed by atoms with Crippen molar-refractivity contribution in [2.24, 2.45) is 5.73 Å². The highest BCUT2D eigenvalue weighted by Gasteiger charge is 2.35. The third-order valence-corrected chi connectivity index (χ3v) is 2.47. The Bertz CT molecular complexity index is 230. The fourth-order valence-corrected chi connectivity index (χ4v) is 1.70. The van der Waals surface area contributed by atoms with E-state index in [4.69, 9.17) is 10.8 Å². The number of hydrogen-bond donors (Lipinski definition) is 2. The quantitative estimate of drug-likeness (QED) is 0.602. The Labute approximate surface area is 82.9 Å². The molecule has 80 valence electrons. The Morgan fingerprint density at radius 3 is 2.86 bits per heavy atom. The van der Waals surface area contributed by atoms with Gasteiger partial charge in [0.1, 0.15) is 6.04 Å². The van der Waals surface area contributed by atoms with Crippen LogP contribution in [0.4, 0.5) is 0 Å². The van der Waals surface area contributed by atoms with Gasteiger partial charge in [0.2, 0.25) is 5.91 Å². The number of aliphatic carboxylic acids is 1. The molecule has 0 bridgehead atoms. The van der Waals surface area contributed by atoms with E-state index in [0.29, 0.717) is 25.9 Å². The molecule has 1 heterocycles. The number of hydrogen-bond acceptors (Lipinski definition) is 3. The molecule has 0 aromatic rings. The van der Waals surface area contributed by atoms with E-state index in [-0.39, 0.29) is 5.91 Å². The average Bonchev–Trinajstić information content (AvgIpc) is 2.48. The van der Waals surface area contributed by atoms with Crippen LogP contribution < -0.4 is 5.73 Å². The van der Waals surface area contributed by atoms with Crippen LogP contribution in [0.25, 0.3) is 0 Å². The first kappa shape index (κ1) is 11.0. The maximum atomic E-state index is 11.3. The van der Waals surface area contributed by atoms with Crippen molar-refractivity contribution >= 4 is 11.9 Å². The van der Waals surface area contributed by atoms with E-state index >= 15 is 0 Å². The second kappa shape index (κ2) is 4.95. The summed E-state index contributed by atoms with van der Waals surface area (Å²) < 4.78 is 0. The molecule has 0 aliphatic carbocycles. The zero-order valence-corrected chi connectivity index (χ0v) is 8.11. The molecule has 3 N–H and O–H groups in total. The van der Waals surface area contributed by atoms with Gasteiger partial charge < -0.3 is 15.7 Å². The van der Waals surface area contributed by atoms with Gasteiger partial charge in [-0.2, -0.15) is 0 Å². The smallest absolute Gasteiger partial charge is 0.326 e. The van der Waals surface area contributed by atoms with E-state index in [0.717, 1.165) is 12.8 Å². The standard InChI is InChI=1S/C9H16N2O3/c10-5-1-2-6-11-7(9(13)14)3-4-8(11)12/h7H,1-6,10H2,(H,13,14). The Morgan fingerprint density at radius 2 is 2.29 bits per heavy atom. The van der Waals surface area contributed by atoms with Gasteiger partial charge in [0.05, 0.1) is 0 Å². The first-order valence-corrected chi connectivity index (χ1v) is 4.89. The minimum absolute atomic E-state index is 0.0468. The zero-order chi connectivity index (χ0) is 10.6. The highest BCUT2D eigenvalue weighted by atomic mass is 16.4. The van der Waals surface area contributed by atoms with Crippen LogP contribution in [0, 0.1) is 0 Å². The number of likely N-dealkylation sites (tertiary alicyclic amines) is 1. The second-order valence-electron chi connectivity index (χ2n) is 3.48. The molecule has 5 nitrogen and oxygen atoms in total. The number of unbranched alkanes of at least 4 members (excludes halogenated alkanes) is 1. The lowest BCUT2D eigenvalue weighted by Crippen LogP contribution is -2.39. The van der Waals surface area contributed by atoms with Crippen LogP contribution in [0.5, 0.6) is 0 Å². The van der Waals surface area contributed by atoms with Gasteiger partial charge in [0.25, 0.3) is 0 Å². The van der Waals surface area contributed by atoms with Crippen molar-refractivity contribution in [3.8, 4) is 0 Å². The van der Waals surface area contributed by atoms with E-state index in [2.05, 4.69) is 0 Å². The normalized spacial score (nSPS) is 21.6. The van der Waals surface area contributed by atoms with Crippen molar-refractivity contribution in [2.75, 3.05) is 13.1 Å². The maximum absolute atomic E-state index is 11.3. The number of nitrogens with zero attached hydrogens (tertiary/aromatic N) is 1. The summed E-state index contributed by atoms with van der Waals surface area (Å²) in [5.41, 5.74) is 5.32. The number of carboxylic acid groups (broad SMARTS) is 1. The molecule has 14 heavy (non-hydrogen) atoms. The summed E-state index contributed by atoms with van der Waals surface area (Å²) in [6.07, 6.45) is 2.42. The lowest BCUT2D eigenvalue weighted by Gasteiger charge is -2.21. The van der Waals surface area contributed by atoms with E-state index in [9.17, 15) is 9.59 Å². The van der Waals surface area contributed by atoms with Gasteiger partial charge >= 0.3 is 5.97 Å². The Balaban J connectivity index is 2.45. The summed E-state index contributed by atoms with van der Waals surface area (Å²) >= 11 is 0. The summed E-state index contributed by atoms with van der Waals surface area (Å²) in [7, 11) is 0. The topological polar surface area (TPSA) is 83.6 Å². The number of carbonyl (C=O) groups excluding carboxylic acids is 1. The number of rotatable bonds is 5. The number of carboxylic acids is 1. The van der Waals surface area contributed by atoms with Crippen LogP contribution in [0.2, 0.25) is 0 Å². The monoisotopic (exact) mass is 200 g/mol. The second-order valence-corrected chi connectivity index (χ2v) is 3.48. The molecular formula is C9H16N2O3. The molecule has 0 radical (unpaired) electrons.